The van der Waals surface area contributed by atoms with Crippen molar-refractivity contribution in [2.45, 2.75) is 45.8 Å². The average Bonchev–Trinajstić information content (AvgIpc) is 2.27. The molecule has 0 bridgehead atoms. The van der Waals surface area contributed by atoms with E-state index in [-0.39, 0.29) is 18.4 Å². The molecular weight excluding hydrogens is 242 g/mol. The van der Waals surface area contributed by atoms with Crippen molar-refractivity contribution in [3.63, 3.8) is 0 Å². The van der Waals surface area contributed by atoms with Gasteiger partial charge in [-0.2, -0.15) is 0 Å². The van der Waals surface area contributed by atoms with Gasteiger partial charge in [0.1, 0.15) is 11.4 Å². The topological polar surface area (TPSA) is 61.5 Å². The summed E-state index contributed by atoms with van der Waals surface area (Å²) in [6.45, 7) is 8.04. The summed E-state index contributed by atoms with van der Waals surface area (Å²) in [6, 6.07) is 7.11. The Kier molecular flexibility index (Phi) is 5.36. The molecule has 1 atom stereocenters. The van der Waals surface area contributed by atoms with Crippen LogP contribution in [0.3, 0.4) is 0 Å². The fourth-order valence-corrected chi connectivity index (χ4v) is 1.68. The van der Waals surface area contributed by atoms with Gasteiger partial charge in [-0.15, -0.1) is 0 Å². The molecule has 0 aromatic heterocycles. The zero-order chi connectivity index (χ0) is 14.5. The van der Waals surface area contributed by atoms with Crippen molar-refractivity contribution in [2.24, 2.45) is 5.73 Å². The third-order valence-electron chi connectivity index (χ3n) is 2.40. The summed E-state index contributed by atoms with van der Waals surface area (Å²) < 4.78 is 10.7. The maximum absolute atomic E-state index is 11.7. The Morgan fingerprint density at radius 2 is 2.05 bits per heavy atom. The van der Waals surface area contributed by atoms with Gasteiger partial charge >= 0.3 is 5.97 Å². The second-order valence-corrected chi connectivity index (χ2v) is 5.40. The normalized spacial score (nSPS) is 12.9. The summed E-state index contributed by atoms with van der Waals surface area (Å²) in [5.41, 5.74) is 6.41. The van der Waals surface area contributed by atoms with E-state index in [1.165, 1.54) is 0 Å². The smallest absolute Gasteiger partial charge is 0.308 e. The molecule has 1 rings (SSSR count). The van der Waals surface area contributed by atoms with Gasteiger partial charge in [0.15, 0.2) is 0 Å². The van der Waals surface area contributed by atoms with E-state index in [4.69, 9.17) is 15.2 Å². The second-order valence-electron chi connectivity index (χ2n) is 5.40. The third kappa shape index (κ3) is 5.75. The third-order valence-corrected chi connectivity index (χ3v) is 2.40. The van der Waals surface area contributed by atoms with Gasteiger partial charge in [0.25, 0.3) is 0 Å². The van der Waals surface area contributed by atoms with E-state index in [0.717, 1.165) is 11.3 Å². The van der Waals surface area contributed by atoms with Crippen LogP contribution in [0.25, 0.3) is 0 Å². The van der Waals surface area contributed by atoms with Gasteiger partial charge in [-0.25, -0.2) is 0 Å². The van der Waals surface area contributed by atoms with Gasteiger partial charge in [-0.1, -0.05) is 12.1 Å². The Hall–Kier alpha value is -1.55. The molecule has 19 heavy (non-hydrogen) atoms. The van der Waals surface area contributed by atoms with Crippen LogP contribution in [-0.2, 0) is 9.53 Å². The molecule has 0 saturated carbocycles. The number of rotatable bonds is 5. The molecule has 1 unspecified atom stereocenters. The number of ether oxygens (including phenoxy) is 2. The molecule has 4 nitrogen and oxygen atoms in total. The van der Waals surface area contributed by atoms with E-state index in [1.807, 2.05) is 52.0 Å². The second kappa shape index (κ2) is 6.57. The lowest BCUT2D eigenvalue weighted by molar-refractivity contribution is -0.155. The molecule has 4 heteroatoms. The van der Waals surface area contributed by atoms with Crippen LogP contribution >= 0.6 is 0 Å². The van der Waals surface area contributed by atoms with Crippen molar-refractivity contribution < 1.29 is 14.3 Å². The summed E-state index contributed by atoms with van der Waals surface area (Å²) in [5, 5.41) is 0. The number of carbonyl (C=O) groups is 1. The molecule has 2 N–H and O–H groups in total. The van der Waals surface area contributed by atoms with E-state index < -0.39 is 5.60 Å². The van der Waals surface area contributed by atoms with Crippen LogP contribution in [0.15, 0.2) is 24.3 Å². The van der Waals surface area contributed by atoms with Crippen molar-refractivity contribution in [2.75, 3.05) is 6.61 Å². The molecule has 0 amide bonds. The first kappa shape index (κ1) is 15.5. The van der Waals surface area contributed by atoms with Gasteiger partial charge in [0.2, 0.25) is 0 Å². The molecule has 0 fully saturated rings. The first-order chi connectivity index (χ1) is 8.81. The van der Waals surface area contributed by atoms with Gasteiger partial charge < -0.3 is 15.2 Å². The molecule has 0 heterocycles. The highest BCUT2D eigenvalue weighted by atomic mass is 16.6. The fraction of sp³-hybridized carbons (Fsp3) is 0.533. The zero-order valence-electron chi connectivity index (χ0n) is 12.1. The number of hydrogen-bond acceptors (Lipinski definition) is 4. The predicted octanol–water partition coefficient (Wildman–Crippen LogP) is 2.82. The standard InChI is InChI=1S/C15H23NO3/c1-5-18-12-8-6-7-11(9-12)13(16)10-14(17)19-15(2,3)4/h6-9,13H,5,10,16H2,1-4H3. The van der Waals surface area contributed by atoms with Crippen molar-refractivity contribution in [1.29, 1.82) is 0 Å². The zero-order valence-corrected chi connectivity index (χ0v) is 12.1. The number of carbonyl (C=O) groups excluding carboxylic acids is 1. The van der Waals surface area contributed by atoms with E-state index in [9.17, 15) is 4.79 Å². The summed E-state index contributed by atoms with van der Waals surface area (Å²) in [5.74, 6) is 0.474. The van der Waals surface area contributed by atoms with Crippen molar-refractivity contribution in [1.82, 2.24) is 0 Å². The number of benzene rings is 1. The van der Waals surface area contributed by atoms with Crippen LogP contribution in [0, 0.1) is 0 Å². The van der Waals surface area contributed by atoms with Gasteiger partial charge in [-0.05, 0) is 45.4 Å². The van der Waals surface area contributed by atoms with Crippen LogP contribution < -0.4 is 10.5 Å². The average molecular weight is 265 g/mol. The fourth-order valence-electron chi connectivity index (χ4n) is 1.68. The first-order valence-electron chi connectivity index (χ1n) is 6.52. The Morgan fingerprint density at radius 1 is 1.37 bits per heavy atom. The maximum Gasteiger partial charge on any atom is 0.308 e. The molecule has 0 spiro atoms. The highest BCUT2D eigenvalue weighted by Gasteiger charge is 2.19. The quantitative estimate of drug-likeness (QED) is 0.832. The molecule has 1 aromatic rings. The first-order valence-corrected chi connectivity index (χ1v) is 6.52. The van der Waals surface area contributed by atoms with E-state index >= 15 is 0 Å². The minimum Gasteiger partial charge on any atom is -0.494 e. The number of nitrogens with two attached hydrogens (primary N) is 1. The van der Waals surface area contributed by atoms with E-state index in [1.54, 1.807) is 0 Å². The molecule has 106 valence electrons. The van der Waals surface area contributed by atoms with E-state index in [0.29, 0.717) is 6.61 Å². The lowest BCUT2D eigenvalue weighted by atomic mass is 10.0. The van der Waals surface area contributed by atoms with Crippen LogP contribution in [-0.4, -0.2) is 18.2 Å². The van der Waals surface area contributed by atoms with Gasteiger partial charge in [-0.3, -0.25) is 4.79 Å². The summed E-state index contributed by atoms with van der Waals surface area (Å²) in [7, 11) is 0. The predicted molar refractivity (Wildman–Crippen MR) is 75.0 cm³/mol. The summed E-state index contributed by atoms with van der Waals surface area (Å²) in [6.07, 6.45) is 0.160. The molecule has 0 saturated heterocycles. The highest BCUT2D eigenvalue weighted by Crippen LogP contribution is 2.21. The number of esters is 1. The van der Waals surface area contributed by atoms with E-state index in [2.05, 4.69) is 0 Å². The number of hydrogen-bond donors (Lipinski definition) is 1. The van der Waals surface area contributed by atoms with Crippen LogP contribution in [0.5, 0.6) is 5.75 Å². The molecule has 1 aromatic carbocycles. The largest absolute Gasteiger partial charge is 0.494 e. The lowest BCUT2D eigenvalue weighted by Crippen LogP contribution is -2.26. The minimum atomic E-state index is -0.482. The van der Waals surface area contributed by atoms with Crippen LogP contribution in [0.4, 0.5) is 0 Å². The monoisotopic (exact) mass is 265 g/mol. The van der Waals surface area contributed by atoms with Crippen LogP contribution in [0.1, 0.15) is 45.7 Å². The maximum atomic E-state index is 11.7. The van der Waals surface area contributed by atoms with Crippen LogP contribution in [0.2, 0.25) is 0 Å². The van der Waals surface area contributed by atoms with Gasteiger partial charge in [0, 0.05) is 6.04 Å². The summed E-state index contributed by atoms with van der Waals surface area (Å²) >= 11 is 0. The molecule has 0 aliphatic heterocycles. The SMILES string of the molecule is CCOc1cccc(C(N)CC(=O)OC(C)(C)C)c1. The molecule has 0 radical (unpaired) electrons. The summed E-state index contributed by atoms with van der Waals surface area (Å²) in [4.78, 5) is 11.7. The minimum absolute atomic E-state index is 0.160. The Morgan fingerprint density at radius 3 is 2.63 bits per heavy atom. The Bertz CT molecular complexity index is 424. The van der Waals surface area contributed by atoms with Crippen molar-refractivity contribution in [3.8, 4) is 5.75 Å². The Balaban J connectivity index is 2.64. The lowest BCUT2D eigenvalue weighted by Gasteiger charge is -2.21. The highest BCUT2D eigenvalue weighted by molar-refractivity contribution is 5.71. The molecular formula is C15H23NO3. The molecule has 0 aliphatic rings. The van der Waals surface area contributed by atoms with Crippen molar-refractivity contribution >= 4 is 5.97 Å². The van der Waals surface area contributed by atoms with Gasteiger partial charge in [0.05, 0.1) is 13.0 Å². The Labute approximate surface area is 114 Å². The molecule has 0 aliphatic carbocycles. The van der Waals surface area contributed by atoms with Crippen molar-refractivity contribution in [3.05, 3.63) is 29.8 Å².